The van der Waals surface area contributed by atoms with E-state index in [9.17, 15) is 4.79 Å². The zero-order valence-electron chi connectivity index (χ0n) is 11.6. The molecule has 2 rings (SSSR count). The Balaban J connectivity index is 2.11. The highest BCUT2D eigenvalue weighted by molar-refractivity contribution is 7.12. The minimum Gasteiger partial charge on any atom is -0.361 e. The number of nitrogens with one attached hydrogen (secondary N) is 1. The Morgan fingerprint density at radius 3 is 2.84 bits per heavy atom. The molecule has 0 aliphatic carbocycles. The Hall–Kier alpha value is -1.62. The van der Waals surface area contributed by atoms with Crippen LogP contribution in [0, 0.1) is 13.8 Å². The molecule has 4 nitrogen and oxygen atoms in total. The molecule has 2 heterocycles. The lowest BCUT2D eigenvalue weighted by atomic mass is 10.3. The Labute approximate surface area is 117 Å². The summed E-state index contributed by atoms with van der Waals surface area (Å²) in [5, 5.41) is 3.13. The molecule has 0 aromatic carbocycles. The number of aryl methyl sites for hydroxylation is 3. The van der Waals surface area contributed by atoms with Gasteiger partial charge < -0.3 is 9.88 Å². The maximum atomic E-state index is 12.1. The summed E-state index contributed by atoms with van der Waals surface area (Å²) in [5.41, 5.74) is 1.25. The van der Waals surface area contributed by atoms with Crippen molar-refractivity contribution in [2.24, 2.45) is 0 Å². The molecule has 0 aliphatic rings. The quantitative estimate of drug-likeness (QED) is 0.914. The van der Waals surface area contributed by atoms with E-state index in [4.69, 9.17) is 0 Å². The van der Waals surface area contributed by atoms with E-state index < -0.39 is 0 Å². The van der Waals surface area contributed by atoms with Crippen LogP contribution in [-0.2, 0) is 13.1 Å². The zero-order chi connectivity index (χ0) is 13.8. The second-order valence-electron chi connectivity index (χ2n) is 4.58. The van der Waals surface area contributed by atoms with Crippen LogP contribution < -0.4 is 10.9 Å². The van der Waals surface area contributed by atoms with E-state index in [-0.39, 0.29) is 5.56 Å². The molecular weight excluding hydrogens is 258 g/mol. The number of rotatable bonds is 5. The Kier molecular flexibility index (Phi) is 4.37. The lowest BCUT2D eigenvalue weighted by molar-refractivity contribution is 0.649. The minimum atomic E-state index is -0.0469. The molecule has 0 radical (unpaired) electrons. The molecule has 0 amide bonds. The summed E-state index contributed by atoms with van der Waals surface area (Å²) < 4.78 is 1.69. The zero-order valence-corrected chi connectivity index (χ0v) is 12.4. The van der Waals surface area contributed by atoms with E-state index >= 15 is 0 Å². The van der Waals surface area contributed by atoms with Crippen LogP contribution in [0.5, 0.6) is 0 Å². The summed E-state index contributed by atoms with van der Waals surface area (Å²) in [7, 11) is 0. The van der Waals surface area contributed by atoms with Crippen molar-refractivity contribution in [2.75, 3.05) is 5.32 Å². The number of thiophene rings is 1. The molecule has 19 heavy (non-hydrogen) atoms. The SMILES string of the molecule is CCCn1ccnc(NCc2cc(C)c(C)s2)c1=O. The van der Waals surface area contributed by atoms with E-state index in [0.717, 1.165) is 13.0 Å². The van der Waals surface area contributed by atoms with Crippen LogP contribution in [0.3, 0.4) is 0 Å². The maximum absolute atomic E-state index is 12.1. The first kappa shape index (κ1) is 13.8. The first-order valence-electron chi connectivity index (χ1n) is 6.47. The molecule has 0 saturated carbocycles. The fraction of sp³-hybridized carbons (Fsp3) is 0.429. The van der Waals surface area contributed by atoms with Gasteiger partial charge in [0.15, 0.2) is 5.82 Å². The summed E-state index contributed by atoms with van der Waals surface area (Å²) in [6.45, 7) is 7.64. The van der Waals surface area contributed by atoms with Crippen molar-refractivity contribution in [3.05, 3.63) is 44.1 Å². The van der Waals surface area contributed by atoms with Gasteiger partial charge >= 0.3 is 0 Å². The van der Waals surface area contributed by atoms with Crippen LogP contribution in [-0.4, -0.2) is 9.55 Å². The molecule has 0 bridgehead atoms. The number of anilines is 1. The summed E-state index contributed by atoms with van der Waals surface area (Å²) >= 11 is 1.75. The van der Waals surface area contributed by atoms with Crippen molar-refractivity contribution in [3.8, 4) is 0 Å². The lowest BCUT2D eigenvalue weighted by Crippen LogP contribution is -2.24. The molecule has 0 spiro atoms. The van der Waals surface area contributed by atoms with E-state index in [2.05, 4.69) is 37.1 Å². The molecule has 0 fully saturated rings. The van der Waals surface area contributed by atoms with Gasteiger partial charge in [-0.2, -0.15) is 0 Å². The highest BCUT2D eigenvalue weighted by Crippen LogP contribution is 2.20. The van der Waals surface area contributed by atoms with E-state index in [1.807, 2.05) is 0 Å². The van der Waals surface area contributed by atoms with Gasteiger partial charge in [-0.15, -0.1) is 11.3 Å². The van der Waals surface area contributed by atoms with Gasteiger partial charge in [0.05, 0.1) is 6.54 Å². The van der Waals surface area contributed by atoms with E-state index in [0.29, 0.717) is 12.4 Å². The van der Waals surface area contributed by atoms with Gasteiger partial charge in [-0.3, -0.25) is 4.79 Å². The van der Waals surface area contributed by atoms with Crippen LogP contribution in [0.1, 0.15) is 28.7 Å². The normalized spacial score (nSPS) is 10.7. The Bertz CT molecular complexity index is 596. The monoisotopic (exact) mass is 277 g/mol. The van der Waals surface area contributed by atoms with E-state index in [1.54, 1.807) is 28.3 Å². The molecule has 0 unspecified atom stereocenters. The molecule has 0 saturated heterocycles. The first-order chi connectivity index (χ1) is 9.11. The fourth-order valence-corrected chi connectivity index (χ4v) is 2.89. The molecule has 102 valence electrons. The van der Waals surface area contributed by atoms with Crippen LogP contribution >= 0.6 is 11.3 Å². The largest absolute Gasteiger partial charge is 0.361 e. The molecule has 0 atom stereocenters. The van der Waals surface area contributed by atoms with Gasteiger partial charge in [-0.05, 0) is 31.9 Å². The lowest BCUT2D eigenvalue weighted by Gasteiger charge is -2.07. The average molecular weight is 277 g/mol. The van der Waals surface area contributed by atoms with Crippen molar-refractivity contribution in [3.63, 3.8) is 0 Å². The fourth-order valence-electron chi connectivity index (χ4n) is 1.89. The molecule has 2 aromatic rings. The van der Waals surface area contributed by atoms with Gasteiger partial charge in [-0.25, -0.2) is 4.98 Å². The topological polar surface area (TPSA) is 46.9 Å². The Morgan fingerprint density at radius 2 is 2.21 bits per heavy atom. The third-order valence-electron chi connectivity index (χ3n) is 3.03. The number of nitrogens with zero attached hydrogens (tertiary/aromatic N) is 2. The molecule has 2 aromatic heterocycles. The third-order valence-corrected chi connectivity index (χ3v) is 4.18. The Morgan fingerprint density at radius 1 is 1.42 bits per heavy atom. The van der Waals surface area contributed by atoms with Gasteiger partial charge in [0.25, 0.3) is 5.56 Å². The summed E-state index contributed by atoms with van der Waals surface area (Å²) in [6, 6.07) is 2.15. The van der Waals surface area contributed by atoms with Gasteiger partial charge in [-0.1, -0.05) is 6.92 Å². The second kappa shape index (κ2) is 6.02. The van der Waals surface area contributed by atoms with E-state index in [1.165, 1.54) is 15.3 Å². The minimum absolute atomic E-state index is 0.0469. The average Bonchev–Trinajstić information content (AvgIpc) is 2.70. The highest BCUT2D eigenvalue weighted by atomic mass is 32.1. The second-order valence-corrected chi connectivity index (χ2v) is 5.92. The molecule has 1 N–H and O–H groups in total. The molecule has 0 aliphatic heterocycles. The number of hydrogen-bond acceptors (Lipinski definition) is 4. The predicted molar refractivity (Wildman–Crippen MR) is 79.9 cm³/mol. The highest BCUT2D eigenvalue weighted by Gasteiger charge is 2.06. The standard InChI is InChI=1S/C14H19N3OS/c1-4-6-17-7-5-15-13(14(17)18)16-9-12-8-10(2)11(3)19-12/h5,7-8H,4,6,9H2,1-3H3,(H,15,16). The van der Waals surface area contributed by atoms with Crippen molar-refractivity contribution in [1.29, 1.82) is 0 Å². The van der Waals surface area contributed by atoms with Gasteiger partial charge in [0, 0.05) is 28.7 Å². The third kappa shape index (κ3) is 3.23. The van der Waals surface area contributed by atoms with Crippen LogP contribution in [0.25, 0.3) is 0 Å². The molecule has 5 heteroatoms. The summed E-state index contributed by atoms with van der Waals surface area (Å²) in [4.78, 5) is 18.8. The molecular formula is C14H19N3OS. The van der Waals surface area contributed by atoms with Gasteiger partial charge in [0.2, 0.25) is 0 Å². The van der Waals surface area contributed by atoms with Crippen LogP contribution in [0.15, 0.2) is 23.3 Å². The number of aromatic nitrogens is 2. The predicted octanol–water partition coefficient (Wildman–Crippen LogP) is 2.94. The smallest absolute Gasteiger partial charge is 0.293 e. The van der Waals surface area contributed by atoms with Crippen LogP contribution in [0.2, 0.25) is 0 Å². The van der Waals surface area contributed by atoms with Crippen molar-refractivity contribution < 1.29 is 0 Å². The summed E-state index contributed by atoms with van der Waals surface area (Å²) in [5.74, 6) is 0.430. The van der Waals surface area contributed by atoms with Crippen molar-refractivity contribution in [1.82, 2.24) is 9.55 Å². The number of hydrogen-bond donors (Lipinski definition) is 1. The van der Waals surface area contributed by atoms with Crippen molar-refractivity contribution >= 4 is 17.2 Å². The summed E-state index contributed by atoms with van der Waals surface area (Å²) in [6.07, 6.45) is 4.34. The van der Waals surface area contributed by atoms with Crippen LogP contribution in [0.4, 0.5) is 5.82 Å². The van der Waals surface area contributed by atoms with Gasteiger partial charge in [0.1, 0.15) is 0 Å². The van der Waals surface area contributed by atoms with Crippen molar-refractivity contribution in [2.45, 2.75) is 40.3 Å². The maximum Gasteiger partial charge on any atom is 0.293 e. The first-order valence-corrected chi connectivity index (χ1v) is 7.28.